The Morgan fingerprint density at radius 3 is 3.17 bits per heavy atom. The highest BCUT2D eigenvalue weighted by Gasteiger charge is 2.19. The molecule has 1 fully saturated rings. The Morgan fingerprint density at radius 2 is 2.58 bits per heavy atom. The first kappa shape index (κ1) is 10.2. The Kier molecular flexibility index (Phi) is 4.28. The van der Waals surface area contributed by atoms with E-state index in [1.54, 1.807) is 0 Å². The van der Waals surface area contributed by atoms with E-state index in [0.29, 0.717) is 10.5 Å². The average molecular weight is 205 g/mol. The van der Waals surface area contributed by atoms with E-state index in [1.165, 1.54) is 0 Å². The SMILES string of the molecule is CCN1CCNCC1NC(=S)S. The standard InChI is InChI=1S/C7H15N3S2/c1-2-10-4-3-8-5-6(10)9-7(11)12/h6,8H,2-5H2,1H3,(H2,9,11,12). The molecule has 0 radical (unpaired) electrons. The van der Waals surface area contributed by atoms with Crippen molar-refractivity contribution in [2.75, 3.05) is 26.2 Å². The van der Waals surface area contributed by atoms with Gasteiger partial charge in [0, 0.05) is 19.6 Å². The van der Waals surface area contributed by atoms with Gasteiger partial charge in [-0.2, -0.15) is 0 Å². The fraction of sp³-hybridized carbons (Fsp3) is 0.857. The van der Waals surface area contributed by atoms with E-state index in [2.05, 4.69) is 35.1 Å². The third-order valence-corrected chi connectivity index (χ3v) is 2.30. The molecule has 1 aliphatic heterocycles. The number of hydrogen-bond donors (Lipinski definition) is 3. The Balaban J connectivity index is 2.41. The first-order valence-corrected chi connectivity index (χ1v) is 5.03. The highest BCUT2D eigenvalue weighted by atomic mass is 32.1. The van der Waals surface area contributed by atoms with Gasteiger partial charge in [-0.3, -0.25) is 4.90 Å². The summed E-state index contributed by atoms with van der Waals surface area (Å²) in [7, 11) is 0. The van der Waals surface area contributed by atoms with Gasteiger partial charge in [0.2, 0.25) is 0 Å². The van der Waals surface area contributed by atoms with Crippen molar-refractivity contribution in [2.24, 2.45) is 0 Å². The predicted molar refractivity (Wildman–Crippen MR) is 58.6 cm³/mol. The maximum absolute atomic E-state index is 4.88. The summed E-state index contributed by atoms with van der Waals surface area (Å²) in [5.74, 6) is 0. The summed E-state index contributed by atoms with van der Waals surface area (Å²) >= 11 is 8.93. The third kappa shape index (κ3) is 2.90. The molecule has 1 aliphatic rings. The van der Waals surface area contributed by atoms with E-state index in [9.17, 15) is 0 Å². The molecule has 0 aromatic rings. The second kappa shape index (κ2) is 5.01. The molecule has 0 aromatic heterocycles. The predicted octanol–water partition coefficient (Wildman–Crippen LogP) is 0.0419. The number of thiocarbonyl (C=S) groups is 1. The second-order valence-corrected chi connectivity index (χ2v) is 3.96. The molecule has 0 saturated carbocycles. The molecule has 1 rings (SSSR count). The summed E-state index contributed by atoms with van der Waals surface area (Å²) in [5, 5.41) is 6.45. The van der Waals surface area contributed by atoms with E-state index in [1.807, 2.05) is 0 Å². The molecular formula is C7H15N3S2. The lowest BCUT2D eigenvalue weighted by Gasteiger charge is -2.35. The summed E-state index contributed by atoms with van der Waals surface area (Å²) in [5.41, 5.74) is 0. The van der Waals surface area contributed by atoms with Crippen LogP contribution in [0.5, 0.6) is 0 Å². The molecule has 1 heterocycles. The number of hydrogen-bond acceptors (Lipinski definition) is 3. The van der Waals surface area contributed by atoms with Crippen LogP contribution in [-0.2, 0) is 0 Å². The Morgan fingerprint density at radius 1 is 1.83 bits per heavy atom. The summed E-state index contributed by atoms with van der Waals surface area (Å²) < 4.78 is 0.571. The van der Waals surface area contributed by atoms with Gasteiger partial charge in [0.15, 0.2) is 0 Å². The quantitative estimate of drug-likeness (QED) is 0.438. The zero-order chi connectivity index (χ0) is 8.97. The van der Waals surface area contributed by atoms with Gasteiger partial charge < -0.3 is 10.6 Å². The third-order valence-electron chi connectivity index (χ3n) is 2.05. The molecule has 3 nitrogen and oxygen atoms in total. The number of likely N-dealkylation sites (N-methyl/N-ethyl adjacent to an activating group) is 1. The van der Waals surface area contributed by atoms with Crippen molar-refractivity contribution in [3.05, 3.63) is 0 Å². The van der Waals surface area contributed by atoms with Crippen LogP contribution in [-0.4, -0.2) is 41.6 Å². The zero-order valence-corrected chi connectivity index (χ0v) is 8.92. The lowest BCUT2D eigenvalue weighted by molar-refractivity contribution is 0.159. The fourth-order valence-electron chi connectivity index (χ4n) is 1.41. The van der Waals surface area contributed by atoms with Crippen LogP contribution in [0.15, 0.2) is 0 Å². The van der Waals surface area contributed by atoms with Crippen molar-refractivity contribution < 1.29 is 0 Å². The van der Waals surface area contributed by atoms with Crippen LogP contribution in [0.25, 0.3) is 0 Å². The molecule has 70 valence electrons. The second-order valence-electron chi connectivity index (χ2n) is 2.80. The molecule has 0 aliphatic carbocycles. The molecule has 0 aromatic carbocycles. The van der Waals surface area contributed by atoms with E-state index < -0.39 is 0 Å². The maximum Gasteiger partial charge on any atom is 0.131 e. The molecule has 0 bridgehead atoms. The van der Waals surface area contributed by atoms with Gasteiger partial charge in [-0.05, 0) is 6.54 Å². The van der Waals surface area contributed by atoms with Crippen molar-refractivity contribution >= 4 is 29.2 Å². The maximum atomic E-state index is 4.88. The van der Waals surface area contributed by atoms with Crippen LogP contribution in [0.2, 0.25) is 0 Å². The van der Waals surface area contributed by atoms with Crippen molar-refractivity contribution in [2.45, 2.75) is 13.1 Å². The molecule has 1 unspecified atom stereocenters. The molecule has 12 heavy (non-hydrogen) atoms. The number of nitrogens with zero attached hydrogens (tertiary/aromatic N) is 1. The highest BCUT2D eigenvalue weighted by Crippen LogP contribution is 1.99. The lowest BCUT2D eigenvalue weighted by Crippen LogP contribution is -2.58. The zero-order valence-electron chi connectivity index (χ0n) is 7.21. The van der Waals surface area contributed by atoms with E-state index in [4.69, 9.17) is 12.2 Å². The average Bonchev–Trinajstić information content (AvgIpc) is 2.04. The largest absolute Gasteiger partial charge is 0.354 e. The number of thiol groups is 1. The minimum absolute atomic E-state index is 0.314. The smallest absolute Gasteiger partial charge is 0.131 e. The molecule has 1 atom stereocenters. The van der Waals surface area contributed by atoms with Crippen LogP contribution in [0.4, 0.5) is 0 Å². The van der Waals surface area contributed by atoms with E-state index in [0.717, 1.165) is 26.2 Å². The van der Waals surface area contributed by atoms with Crippen molar-refractivity contribution in [3.63, 3.8) is 0 Å². The number of rotatable bonds is 2. The highest BCUT2D eigenvalue weighted by molar-refractivity contribution is 8.11. The first-order chi connectivity index (χ1) is 5.74. The van der Waals surface area contributed by atoms with Crippen molar-refractivity contribution in [1.82, 2.24) is 15.5 Å². The van der Waals surface area contributed by atoms with Gasteiger partial charge in [0.05, 0.1) is 6.17 Å². The van der Waals surface area contributed by atoms with Gasteiger partial charge in [0.25, 0.3) is 0 Å². The van der Waals surface area contributed by atoms with Crippen LogP contribution >= 0.6 is 24.8 Å². The molecule has 2 N–H and O–H groups in total. The van der Waals surface area contributed by atoms with Gasteiger partial charge >= 0.3 is 0 Å². The molecule has 0 spiro atoms. The first-order valence-electron chi connectivity index (χ1n) is 4.18. The lowest BCUT2D eigenvalue weighted by atomic mass is 10.3. The van der Waals surface area contributed by atoms with E-state index in [-0.39, 0.29) is 0 Å². The van der Waals surface area contributed by atoms with Crippen LogP contribution < -0.4 is 10.6 Å². The van der Waals surface area contributed by atoms with Crippen molar-refractivity contribution in [3.8, 4) is 0 Å². The Labute approximate surface area is 84.3 Å². The van der Waals surface area contributed by atoms with Crippen LogP contribution in [0.1, 0.15) is 6.92 Å². The monoisotopic (exact) mass is 205 g/mol. The minimum atomic E-state index is 0.314. The van der Waals surface area contributed by atoms with E-state index >= 15 is 0 Å². The topological polar surface area (TPSA) is 27.3 Å². The fourth-order valence-corrected chi connectivity index (χ4v) is 1.69. The number of nitrogens with one attached hydrogen (secondary N) is 2. The van der Waals surface area contributed by atoms with Crippen LogP contribution in [0.3, 0.4) is 0 Å². The summed E-state index contributed by atoms with van der Waals surface area (Å²) in [6.07, 6.45) is 0.314. The van der Waals surface area contributed by atoms with Gasteiger partial charge in [-0.1, -0.05) is 19.1 Å². The Bertz CT molecular complexity index is 163. The van der Waals surface area contributed by atoms with Crippen molar-refractivity contribution in [1.29, 1.82) is 0 Å². The van der Waals surface area contributed by atoms with Gasteiger partial charge in [0.1, 0.15) is 4.32 Å². The molecule has 5 heteroatoms. The summed E-state index contributed by atoms with van der Waals surface area (Å²) in [4.78, 5) is 2.35. The number of piperazine rings is 1. The minimum Gasteiger partial charge on any atom is -0.354 e. The normalized spacial score (nSPS) is 25.3. The molecular weight excluding hydrogens is 190 g/mol. The van der Waals surface area contributed by atoms with Gasteiger partial charge in [-0.25, -0.2) is 0 Å². The molecule has 0 amide bonds. The summed E-state index contributed by atoms with van der Waals surface area (Å²) in [6.45, 7) is 6.28. The van der Waals surface area contributed by atoms with Crippen LogP contribution in [0, 0.1) is 0 Å². The van der Waals surface area contributed by atoms with Gasteiger partial charge in [-0.15, -0.1) is 12.6 Å². The summed E-state index contributed by atoms with van der Waals surface area (Å²) in [6, 6.07) is 0. The molecule has 1 saturated heterocycles. The Hall–Kier alpha value is 0.160.